The molecule has 8 nitrogen and oxygen atoms in total. The second-order valence-corrected chi connectivity index (χ2v) is 6.97. The lowest BCUT2D eigenvalue weighted by atomic mass is 9.62. The molecule has 0 amide bonds. The SMILES string of the molecule is COC(=O)OC(=O)CC1(C(F)(F)F)C(C#N)=C(N)OC2=C1C(=O)CCC2(C)C. The number of ether oxygens (including phenoxy) is 3. The number of allylic oxidation sites excluding steroid dienone is 3. The minimum absolute atomic E-state index is 0.181. The number of carbonyl (C=O) groups excluding carboxylic acids is 3. The van der Waals surface area contributed by atoms with Crippen LogP contribution < -0.4 is 5.73 Å². The summed E-state index contributed by atoms with van der Waals surface area (Å²) in [6.07, 6.45) is -8.46. The molecule has 1 unspecified atom stereocenters. The summed E-state index contributed by atoms with van der Waals surface area (Å²) < 4.78 is 56.7. The highest BCUT2D eigenvalue weighted by Crippen LogP contribution is 2.60. The van der Waals surface area contributed by atoms with E-state index in [9.17, 15) is 32.8 Å². The molecule has 28 heavy (non-hydrogen) atoms. The summed E-state index contributed by atoms with van der Waals surface area (Å²) in [7, 11) is 0.857. The van der Waals surface area contributed by atoms with Gasteiger partial charge >= 0.3 is 18.3 Å². The van der Waals surface area contributed by atoms with E-state index in [2.05, 4.69) is 9.47 Å². The summed E-state index contributed by atoms with van der Waals surface area (Å²) >= 11 is 0. The summed E-state index contributed by atoms with van der Waals surface area (Å²) in [6, 6.07) is 1.30. The first-order valence-corrected chi connectivity index (χ1v) is 8.03. The van der Waals surface area contributed by atoms with Gasteiger partial charge in [-0.3, -0.25) is 9.59 Å². The van der Waals surface area contributed by atoms with Gasteiger partial charge in [-0.15, -0.1) is 0 Å². The van der Waals surface area contributed by atoms with Crippen LogP contribution in [0.3, 0.4) is 0 Å². The highest BCUT2D eigenvalue weighted by atomic mass is 19.4. The van der Waals surface area contributed by atoms with Crippen LogP contribution in [0.5, 0.6) is 0 Å². The number of hydrogen-bond acceptors (Lipinski definition) is 8. The molecular weight excluding hydrogens is 385 g/mol. The van der Waals surface area contributed by atoms with Crippen molar-refractivity contribution in [3.8, 4) is 6.07 Å². The van der Waals surface area contributed by atoms with Crippen LogP contribution in [0, 0.1) is 22.2 Å². The van der Waals surface area contributed by atoms with Crippen molar-refractivity contribution in [2.75, 3.05) is 7.11 Å². The molecule has 0 aromatic rings. The van der Waals surface area contributed by atoms with Gasteiger partial charge in [0.25, 0.3) is 0 Å². The smallest absolute Gasteiger partial charge is 0.444 e. The second kappa shape index (κ2) is 6.85. The first kappa shape index (κ1) is 21.3. The number of methoxy groups -OCH3 is 1. The second-order valence-electron chi connectivity index (χ2n) is 6.97. The number of alkyl halides is 3. The molecule has 0 radical (unpaired) electrons. The van der Waals surface area contributed by atoms with E-state index in [4.69, 9.17) is 10.5 Å². The number of hydrogen-bond donors (Lipinski definition) is 1. The van der Waals surface area contributed by atoms with Gasteiger partial charge in [-0.2, -0.15) is 18.4 Å². The zero-order valence-corrected chi connectivity index (χ0v) is 15.2. The maximum absolute atomic E-state index is 14.4. The molecule has 0 saturated heterocycles. The number of nitrogens with zero attached hydrogens (tertiary/aromatic N) is 1. The third-order valence-corrected chi connectivity index (χ3v) is 4.78. The molecule has 2 rings (SSSR count). The van der Waals surface area contributed by atoms with Gasteiger partial charge in [0.2, 0.25) is 5.88 Å². The van der Waals surface area contributed by atoms with Crippen LogP contribution >= 0.6 is 0 Å². The zero-order chi connectivity index (χ0) is 21.5. The number of carbonyl (C=O) groups is 3. The number of nitrogens with two attached hydrogens (primary N) is 1. The van der Waals surface area contributed by atoms with Crippen molar-refractivity contribution in [1.82, 2.24) is 0 Å². The normalized spacial score (nSPS) is 24.1. The average Bonchev–Trinajstić information content (AvgIpc) is 2.57. The van der Waals surface area contributed by atoms with Gasteiger partial charge in [0.1, 0.15) is 22.8 Å². The van der Waals surface area contributed by atoms with E-state index in [0.717, 1.165) is 7.11 Å². The number of nitriles is 1. The van der Waals surface area contributed by atoms with Crippen LogP contribution in [0.1, 0.15) is 33.1 Å². The summed E-state index contributed by atoms with van der Waals surface area (Å²) in [5, 5.41) is 9.36. The number of esters is 1. The van der Waals surface area contributed by atoms with E-state index >= 15 is 0 Å². The number of halogens is 3. The first-order chi connectivity index (χ1) is 12.8. The molecule has 2 aliphatic rings. The predicted octanol–water partition coefficient (Wildman–Crippen LogP) is 2.60. The van der Waals surface area contributed by atoms with Crippen LogP contribution in [0.2, 0.25) is 0 Å². The van der Waals surface area contributed by atoms with E-state index in [1.54, 1.807) is 13.8 Å². The largest absolute Gasteiger partial charge is 0.515 e. The Balaban J connectivity index is 2.80. The molecule has 1 aliphatic carbocycles. The van der Waals surface area contributed by atoms with Gasteiger partial charge in [-0.05, 0) is 6.42 Å². The Kier molecular flexibility index (Phi) is 5.20. The lowest BCUT2D eigenvalue weighted by Gasteiger charge is -2.45. The van der Waals surface area contributed by atoms with E-state index in [0.29, 0.717) is 0 Å². The van der Waals surface area contributed by atoms with Gasteiger partial charge in [0.15, 0.2) is 5.78 Å². The molecule has 0 saturated carbocycles. The Morgan fingerprint density at radius 2 is 1.96 bits per heavy atom. The molecule has 0 aromatic heterocycles. The van der Waals surface area contributed by atoms with Crippen molar-refractivity contribution in [1.29, 1.82) is 5.26 Å². The highest BCUT2D eigenvalue weighted by Gasteiger charge is 2.67. The number of Topliss-reactive ketones (excluding diaryl/α,β-unsaturated/α-hetero) is 1. The monoisotopic (exact) mass is 402 g/mol. The fourth-order valence-corrected chi connectivity index (χ4v) is 3.35. The minimum Gasteiger partial charge on any atom is -0.444 e. The van der Waals surface area contributed by atoms with Gasteiger partial charge < -0.3 is 19.9 Å². The van der Waals surface area contributed by atoms with Crippen molar-refractivity contribution in [2.24, 2.45) is 16.6 Å². The van der Waals surface area contributed by atoms with Gasteiger partial charge in [0, 0.05) is 11.8 Å². The molecule has 1 atom stereocenters. The van der Waals surface area contributed by atoms with Crippen LogP contribution in [0.15, 0.2) is 22.8 Å². The van der Waals surface area contributed by atoms with Crippen LogP contribution in [0.25, 0.3) is 0 Å². The maximum Gasteiger partial charge on any atom is 0.515 e. The van der Waals surface area contributed by atoms with Crippen LogP contribution in [0.4, 0.5) is 18.0 Å². The van der Waals surface area contributed by atoms with Crippen molar-refractivity contribution < 1.29 is 41.8 Å². The predicted molar refractivity (Wildman–Crippen MR) is 84.6 cm³/mol. The Hall–Kier alpha value is -3.03. The fourth-order valence-electron chi connectivity index (χ4n) is 3.35. The minimum atomic E-state index is -5.30. The van der Waals surface area contributed by atoms with Gasteiger partial charge in [0.05, 0.1) is 19.1 Å². The lowest BCUT2D eigenvalue weighted by Crippen LogP contribution is -2.51. The van der Waals surface area contributed by atoms with E-state index < -0.39 is 58.4 Å². The summed E-state index contributed by atoms with van der Waals surface area (Å²) in [5.41, 5.74) is -0.854. The molecule has 1 aliphatic heterocycles. The number of ketones is 1. The molecule has 0 aromatic carbocycles. The molecule has 1 heterocycles. The van der Waals surface area contributed by atoms with Gasteiger partial charge in [-0.1, -0.05) is 13.8 Å². The summed E-state index contributed by atoms with van der Waals surface area (Å²) in [6.45, 7) is 3.10. The average molecular weight is 402 g/mol. The highest BCUT2D eigenvalue weighted by molar-refractivity contribution is 6.01. The Morgan fingerprint density at radius 1 is 1.36 bits per heavy atom. The first-order valence-electron chi connectivity index (χ1n) is 8.03. The third-order valence-electron chi connectivity index (χ3n) is 4.78. The topological polar surface area (TPSA) is 129 Å². The van der Waals surface area contributed by atoms with Crippen molar-refractivity contribution >= 4 is 17.9 Å². The maximum atomic E-state index is 14.4. The summed E-state index contributed by atoms with van der Waals surface area (Å²) in [4.78, 5) is 35.8. The molecule has 0 bridgehead atoms. The molecule has 11 heteroatoms. The van der Waals surface area contributed by atoms with Crippen LogP contribution in [-0.2, 0) is 23.8 Å². The number of rotatable bonds is 2. The molecule has 152 valence electrons. The molecule has 0 spiro atoms. The Labute approximate surface area is 157 Å². The standard InChI is InChI=1S/C17H17F3N2O6/c1-15(2)5-4-9(23)11-12(15)28-13(22)8(7-21)16(11,17(18,19)20)6-10(24)27-14(25)26-3/h4-6,22H2,1-3H3. The summed E-state index contributed by atoms with van der Waals surface area (Å²) in [5.74, 6) is -3.80. The van der Waals surface area contributed by atoms with E-state index in [-0.39, 0.29) is 18.6 Å². The zero-order valence-electron chi connectivity index (χ0n) is 15.2. The third kappa shape index (κ3) is 3.19. The van der Waals surface area contributed by atoms with Gasteiger partial charge in [-0.25, -0.2) is 4.79 Å². The van der Waals surface area contributed by atoms with E-state index in [1.165, 1.54) is 6.07 Å². The Bertz CT molecular complexity index is 850. The molecular formula is C17H17F3N2O6. The Morgan fingerprint density at radius 3 is 2.46 bits per heavy atom. The van der Waals surface area contributed by atoms with E-state index in [1.807, 2.05) is 0 Å². The van der Waals surface area contributed by atoms with Crippen molar-refractivity contribution in [3.63, 3.8) is 0 Å². The lowest BCUT2D eigenvalue weighted by molar-refractivity contribution is -0.207. The van der Waals surface area contributed by atoms with Crippen molar-refractivity contribution in [2.45, 2.75) is 39.3 Å². The molecule has 0 fully saturated rings. The fraction of sp³-hybridized carbons (Fsp3) is 0.529. The molecule has 2 N–H and O–H groups in total. The van der Waals surface area contributed by atoms with Crippen molar-refractivity contribution in [3.05, 3.63) is 22.8 Å². The quantitative estimate of drug-likeness (QED) is 0.551. The van der Waals surface area contributed by atoms with Crippen LogP contribution in [-0.4, -0.2) is 31.2 Å².